The number of amides is 1. The van der Waals surface area contributed by atoms with Crippen molar-refractivity contribution in [2.75, 3.05) is 0 Å². The van der Waals surface area contributed by atoms with E-state index in [-0.39, 0.29) is 17.9 Å². The van der Waals surface area contributed by atoms with E-state index in [4.69, 9.17) is 16.6 Å². The summed E-state index contributed by atoms with van der Waals surface area (Å²) in [6.07, 6.45) is 2.81. The highest BCUT2D eigenvalue weighted by molar-refractivity contribution is 7.80. The Kier molecular flexibility index (Phi) is 5.26. The van der Waals surface area contributed by atoms with Crippen LogP contribution >= 0.6 is 12.2 Å². The van der Waals surface area contributed by atoms with E-state index in [2.05, 4.69) is 29.2 Å². The van der Waals surface area contributed by atoms with E-state index in [0.29, 0.717) is 5.11 Å². The number of hydrogen-bond donors (Lipinski definition) is 3. The summed E-state index contributed by atoms with van der Waals surface area (Å²) in [5, 5.41) is 4.41. The number of aryl methyl sites for hydroxylation is 1. The van der Waals surface area contributed by atoms with E-state index in [9.17, 15) is 4.79 Å². The molecule has 0 radical (unpaired) electrons. The van der Waals surface area contributed by atoms with Gasteiger partial charge in [-0.2, -0.15) is 0 Å². The first-order valence-corrected chi connectivity index (χ1v) is 8.05. The van der Waals surface area contributed by atoms with Crippen LogP contribution in [0.2, 0.25) is 0 Å². The molecule has 1 amide bonds. The minimum atomic E-state index is -0.176. The number of hydrogen-bond acceptors (Lipinski definition) is 3. The van der Waals surface area contributed by atoms with Crippen LogP contribution in [0.3, 0.4) is 0 Å². The lowest BCUT2D eigenvalue weighted by molar-refractivity contribution is -0.121. The molecule has 0 saturated heterocycles. The molecule has 5 nitrogen and oxygen atoms in total. The molecule has 0 aliphatic heterocycles. The van der Waals surface area contributed by atoms with Crippen LogP contribution in [0.15, 0.2) is 28.9 Å². The molecule has 1 aromatic heterocycles. The molecule has 0 aliphatic carbocycles. The second kappa shape index (κ2) is 7.00. The standard InChI is InChI=1S/C17H23N3O2S/c1-5-11-6-7-13-12(10-22-14(13)8-11)9-15(21)19-20-16(23)18-17(2,3)4/h6-8,10H,5,9H2,1-4H3,(H,19,21)(H2,18,20,23). The largest absolute Gasteiger partial charge is 0.464 e. The van der Waals surface area contributed by atoms with E-state index in [1.165, 1.54) is 5.56 Å². The number of rotatable bonds is 3. The normalized spacial score (nSPS) is 11.3. The number of nitrogens with one attached hydrogen (secondary N) is 3. The zero-order chi connectivity index (χ0) is 17.0. The Morgan fingerprint density at radius 3 is 2.65 bits per heavy atom. The highest BCUT2D eigenvalue weighted by Crippen LogP contribution is 2.23. The van der Waals surface area contributed by atoms with Crippen molar-refractivity contribution in [1.29, 1.82) is 0 Å². The number of fused-ring (bicyclic) bond motifs is 1. The third-order valence-electron chi connectivity index (χ3n) is 3.28. The summed E-state index contributed by atoms with van der Waals surface area (Å²) in [6.45, 7) is 8.07. The maximum atomic E-state index is 12.0. The fourth-order valence-electron chi connectivity index (χ4n) is 2.20. The van der Waals surface area contributed by atoms with Gasteiger partial charge in [-0.05, 0) is 51.0 Å². The van der Waals surface area contributed by atoms with Gasteiger partial charge in [0, 0.05) is 16.5 Å². The van der Waals surface area contributed by atoms with Gasteiger partial charge in [-0.3, -0.25) is 15.6 Å². The zero-order valence-corrected chi connectivity index (χ0v) is 14.8. The van der Waals surface area contributed by atoms with Crippen molar-refractivity contribution in [3.05, 3.63) is 35.6 Å². The Hall–Kier alpha value is -2.08. The molecular formula is C17H23N3O2S. The third kappa shape index (κ3) is 4.96. The molecule has 0 saturated carbocycles. The van der Waals surface area contributed by atoms with Crippen LogP contribution in [-0.4, -0.2) is 16.6 Å². The fraction of sp³-hybridized carbons (Fsp3) is 0.412. The van der Waals surface area contributed by atoms with Crippen LogP contribution in [0.4, 0.5) is 0 Å². The number of furan rings is 1. The van der Waals surface area contributed by atoms with E-state index in [1.54, 1.807) is 6.26 Å². The van der Waals surface area contributed by atoms with Gasteiger partial charge in [0.2, 0.25) is 5.91 Å². The van der Waals surface area contributed by atoms with Crippen LogP contribution in [-0.2, 0) is 17.6 Å². The molecule has 0 unspecified atom stereocenters. The van der Waals surface area contributed by atoms with Gasteiger partial charge in [0.05, 0.1) is 12.7 Å². The van der Waals surface area contributed by atoms with E-state index < -0.39 is 0 Å². The summed E-state index contributed by atoms with van der Waals surface area (Å²) in [4.78, 5) is 12.0. The predicted octanol–water partition coefficient (Wildman–Crippen LogP) is 2.83. The Morgan fingerprint density at radius 1 is 1.26 bits per heavy atom. The maximum Gasteiger partial charge on any atom is 0.242 e. The maximum absolute atomic E-state index is 12.0. The molecule has 1 heterocycles. The average molecular weight is 333 g/mol. The van der Waals surface area contributed by atoms with E-state index >= 15 is 0 Å². The van der Waals surface area contributed by atoms with Gasteiger partial charge in [-0.1, -0.05) is 19.1 Å². The van der Waals surface area contributed by atoms with Crippen molar-refractivity contribution in [1.82, 2.24) is 16.2 Å². The minimum absolute atomic E-state index is 0.160. The highest BCUT2D eigenvalue weighted by Gasteiger charge is 2.13. The fourth-order valence-corrected chi connectivity index (χ4v) is 2.56. The van der Waals surface area contributed by atoms with Crippen LogP contribution in [0, 0.1) is 0 Å². The number of thiocarbonyl (C=S) groups is 1. The third-order valence-corrected chi connectivity index (χ3v) is 3.49. The molecule has 6 heteroatoms. The molecule has 0 bridgehead atoms. The summed E-state index contributed by atoms with van der Waals surface area (Å²) < 4.78 is 5.55. The van der Waals surface area contributed by atoms with Crippen molar-refractivity contribution >= 4 is 34.2 Å². The lowest BCUT2D eigenvalue weighted by atomic mass is 10.1. The quantitative estimate of drug-likeness (QED) is 0.595. The summed E-state index contributed by atoms with van der Waals surface area (Å²) >= 11 is 5.12. The average Bonchev–Trinajstić information content (AvgIpc) is 2.85. The first-order valence-electron chi connectivity index (χ1n) is 7.64. The Labute approximate surface area is 141 Å². The minimum Gasteiger partial charge on any atom is -0.464 e. The van der Waals surface area contributed by atoms with Crippen LogP contribution < -0.4 is 16.2 Å². The summed E-state index contributed by atoms with van der Waals surface area (Å²) in [5.74, 6) is -0.176. The molecule has 0 atom stereocenters. The second-order valence-corrected chi connectivity index (χ2v) is 6.91. The van der Waals surface area contributed by atoms with E-state index in [0.717, 1.165) is 23.0 Å². The van der Waals surface area contributed by atoms with Crippen molar-refractivity contribution in [2.45, 2.75) is 46.1 Å². The summed E-state index contributed by atoms with van der Waals surface area (Å²) in [6, 6.07) is 6.07. The Balaban J connectivity index is 1.94. The molecule has 0 fully saturated rings. The van der Waals surface area contributed by atoms with Crippen LogP contribution in [0.5, 0.6) is 0 Å². The first kappa shape index (κ1) is 17.3. The molecule has 0 spiro atoms. The molecule has 23 heavy (non-hydrogen) atoms. The predicted molar refractivity (Wildman–Crippen MR) is 96.1 cm³/mol. The summed E-state index contributed by atoms with van der Waals surface area (Å²) in [7, 11) is 0. The smallest absolute Gasteiger partial charge is 0.242 e. The van der Waals surface area contributed by atoms with Gasteiger partial charge in [0.15, 0.2) is 5.11 Å². The van der Waals surface area contributed by atoms with Gasteiger partial charge in [0.25, 0.3) is 0 Å². The molecule has 0 aliphatic rings. The number of benzene rings is 1. The van der Waals surface area contributed by atoms with Crippen LogP contribution in [0.25, 0.3) is 11.0 Å². The number of carbonyl (C=O) groups excluding carboxylic acids is 1. The summed E-state index contributed by atoms with van der Waals surface area (Å²) in [5.41, 5.74) is 8.02. The molecule has 2 aromatic rings. The van der Waals surface area contributed by atoms with Gasteiger partial charge in [-0.25, -0.2) is 0 Å². The topological polar surface area (TPSA) is 66.3 Å². The number of carbonyl (C=O) groups is 1. The molecular weight excluding hydrogens is 310 g/mol. The lowest BCUT2D eigenvalue weighted by Gasteiger charge is -2.23. The van der Waals surface area contributed by atoms with Gasteiger partial charge in [-0.15, -0.1) is 0 Å². The van der Waals surface area contributed by atoms with E-state index in [1.807, 2.05) is 32.9 Å². The molecule has 124 valence electrons. The van der Waals surface area contributed by atoms with Gasteiger partial charge < -0.3 is 9.73 Å². The zero-order valence-electron chi connectivity index (χ0n) is 13.9. The molecule has 3 N–H and O–H groups in total. The Bertz CT molecular complexity index is 716. The van der Waals surface area contributed by atoms with Crippen molar-refractivity contribution in [2.24, 2.45) is 0 Å². The SMILES string of the molecule is CCc1ccc2c(CC(=O)NNC(=S)NC(C)(C)C)coc2c1. The van der Waals surface area contributed by atoms with Crippen molar-refractivity contribution < 1.29 is 9.21 Å². The van der Waals surface area contributed by atoms with Crippen molar-refractivity contribution in [3.63, 3.8) is 0 Å². The number of hydrazine groups is 1. The van der Waals surface area contributed by atoms with Crippen LogP contribution in [0.1, 0.15) is 38.8 Å². The first-order chi connectivity index (χ1) is 10.8. The Morgan fingerprint density at radius 2 is 2.00 bits per heavy atom. The highest BCUT2D eigenvalue weighted by atomic mass is 32.1. The monoisotopic (exact) mass is 333 g/mol. The molecule has 2 rings (SSSR count). The second-order valence-electron chi connectivity index (χ2n) is 6.50. The molecule has 1 aromatic carbocycles. The van der Waals surface area contributed by atoms with Gasteiger partial charge >= 0.3 is 0 Å². The van der Waals surface area contributed by atoms with Crippen molar-refractivity contribution in [3.8, 4) is 0 Å². The van der Waals surface area contributed by atoms with Gasteiger partial charge in [0.1, 0.15) is 5.58 Å². The lowest BCUT2D eigenvalue weighted by Crippen LogP contribution is -2.52.